The van der Waals surface area contributed by atoms with Gasteiger partial charge in [0.15, 0.2) is 0 Å². The van der Waals surface area contributed by atoms with Crippen LogP contribution in [0.5, 0.6) is 5.75 Å². The first-order valence-corrected chi connectivity index (χ1v) is 6.95. The third-order valence-electron chi connectivity index (χ3n) is 2.53. The number of nitrogens with two attached hydrogens (primary N) is 1. The molecule has 17 heavy (non-hydrogen) atoms. The molecule has 0 aliphatic rings. The molecule has 4 heteroatoms. The molecular weight excluding hydrogens is 234 g/mol. The first kappa shape index (κ1) is 14.4. The highest BCUT2D eigenvalue weighted by Crippen LogP contribution is 2.26. The lowest BCUT2D eigenvalue weighted by Gasteiger charge is -2.12. The Morgan fingerprint density at radius 3 is 2.82 bits per heavy atom. The third-order valence-corrected chi connectivity index (χ3v) is 3.63. The maximum atomic E-state index is 8.73. The van der Waals surface area contributed by atoms with Crippen LogP contribution in [-0.4, -0.2) is 24.6 Å². The molecule has 0 aromatic heterocycles. The number of rotatable bonds is 7. The highest BCUT2D eigenvalue weighted by molar-refractivity contribution is 7.98. The van der Waals surface area contributed by atoms with E-state index in [4.69, 9.17) is 15.6 Å². The van der Waals surface area contributed by atoms with Gasteiger partial charge in [0.05, 0.1) is 7.11 Å². The van der Waals surface area contributed by atoms with E-state index >= 15 is 0 Å². The van der Waals surface area contributed by atoms with Gasteiger partial charge in [-0.3, -0.25) is 0 Å². The number of hydrogen-bond acceptors (Lipinski definition) is 4. The molecule has 0 aliphatic carbocycles. The number of aliphatic hydroxyl groups excluding tert-OH is 1. The summed E-state index contributed by atoms with van der Waals surface area (Å²) in [7, 11) is 1.68. The van der Waals surface area contributed by atoms with Crippen LogP contribution < -0.4 is 10.5 Å². The molecule has 0 aliphatic heterocycles. The van der Waals surface area contributed by atoms with Crippen LogP contribution in [0.15, 0.2) is 18.2 Å². The zero-order valence-corrected chi connectivity index (χ0v) is 11.3. The number of hydrogen-bond donors (Lipinski definition) is 2. The van der Waals surface area contributed by atoms with Crippen LogP contribution in [0.1, 0.15) is 30.5 Å². The SMILES string of the molecule is COc1ccc(C(C)N)cc1CSCCCO. The summed E-state index contributed by atoms with van der Waals surface area (Å²) >= 11 is 1.80. The van der Waals surface area contributed by atoms with E-state index in [2.05, 4.69) is 6.07 Å². The van der Waals surface area contributed by atoms with Crippen molar-refractivity contribution in [1.29, 1.82) is 0 Å². The Labute approximate surface area is 107 Å². The zero-order chi connectivity index (χ0) is 12.7. The van der Waals surface area contributed by atoms with E-state index in [1.807, 2.05) is 19.1 Å². The minimum absolute atomic E-state index is 0.0436. The minimum Gasteiger partial charge on any atom is -0.496 e. The summed E-state index contributed by atoms with van der Waals surface area (Å²) in [4.78, 5) is 0. The highest BCUT2D eigenvalue weighted by Gasteiger charge is 2.07. The van der Waals surface area contributed by atoms with Crippen LogP contribution in [0.25, 0.3) is 0 Å². The molecule has 1 aromatic carbocycles. The molecule has 0 heterocycles. The largest absolute Gasteiger partial charge is 0.496 e. The first-order valence-electron chi connectivity index (χ1n) is 5.80. The average Bonchev–Trinajstić information content (AvgIpc) is 2.34. The molecule has 0 saturated carbocycles. The standard InChI is InChI=1S/C13H21NO2S/c1-10(14)11-4-5-13(16-2)12(8-11)9-17-7-3-6-15/h4-5,8,10,15H,3,6-7,9,14H2,1-2H3. The normalized spacial score (nSPS) is 12.5. The van der Waals surface area contributed by atoms with Crippen molar-refractivity contribution in [2.24, 2.45) is 5.73 Å². The van der Waals surface area contributed by atoms with E-state index in [1.54, 1.807) is 18.9 Å². The van der Waals surface area contributed by atoms with Crippen molar-refractivity contribution in [3.63, 3.8) is 0 Å². The van der Waals surface area contributed by atoms with Crippen molar-refractivity contribution in [2.45, 2.75) is 25.1 Å². The van der Waals surface area contributed by atoms with E-state index in [1.165, 1.54) is 5.56 Å². The van der Waals surface area contributed by atoms with Gasteiger partial charge in [-0.1, -0.05) is 6.07 Å². The summed E-state index contributed by atoms with van der Waals surface area (Å²) in [6.07, 6.45) is 0.833. The molecule has 3 N–H and O–H groups in total. The number of aliphatic hydroxyl groups is 1. The lowest BCUT2D eigenvalue weighted by Crippen LogP contribution is -2.05. The molecule has 0 bridgehead atoms. The van der Waals surface area contributed by atoms with Crippen molar-refractivity contribution < 1.29 is 9.84 Å². The van der Waals surface area contributed by atoms with Crippen molar-refractivity contribution in [1.82, 2.24) is 0 Å². The monoisotopic (exact) mass is 255 g/mol. The Morgan fingerprint density at radius 1 is 1.47 bits per heavy atom. The molecule has 96 valence electrons. The van der Waals surface area contributed by atoms with Crippen LogP contribution in [0.3, 0.4) is 0 Å². The van der Waals surface area contributed by atoms with Gasteiger partial charge in [0.25, 0.3) is 0 Å². The Morgan fingerprint density at radius 2 is 2.24 bits per heavy atom. The summed E-state index contributed by atoms with van der Waals surface area (Å²) in [6.45, 7) is 2.23. The van der Waals surface area contributed by atoms with Gasteiger partial charge in [-0.05, 0) is 36.8 Å². The van der Waals surface area contributed by atoms with Crippen molar-refractivity contribution >= 4 is 11.8 Å². The van der Waals surface area contributed by atoms with Gasteiger partial charge in [-0.25, -0.2) is 0 Å². The zero-order valence-electron chi connectivity index (χ0n) is 10.5. The second-order valence-electron chi connectivity index (χ2n) is 3.99. The Bertz CT molecular complexity index is 342. The molecule has 0 radical (unpaired) electrons. The number of methoxy groups -OCH3 is 1. The van der Waals surface area contributed by atoms with Gasteiger partial charge in [0.2, 0.25) is 0 Å². The summed E-state index contributed by atoms with van der Waals surface area (Å²) in [5.41, 5.74) is 8.17. The molecule has 0 fully saturated rings. The fourth-order valence-electron chi connectivity index (χ4n) is 1.54. The van der Waals surface area contributed by atoms with Crippen molar-refractivity contribution in [3.05, 3.63) is 29.3 Å². The fraction of sp³-hybridized carbons (Fsp3) is 0.538. The van der Waals surface area contributed by atoms with Crippen LogP contribution in [0.2, 0.25) is 0 Å². The molecule has 0 saturated heterocycles. The van der Waals surface area contributed by atoms with Gasteiger partial charge in [-0.2, -0.15) is 11.8 Å². The van der Waals surface area contributed by atoms with Gasteiger partial charge in [0.1, 0.15) is 5.75 Å². The van der Waals surface area contributed by atoms with Crippen LogP contribution in [0, 0.1) is 0 Å². The molecule has 1 rings (SSSR count). The van der Waals surface area contributed by atoms with Crippen molar-refractivity contribution in [2.75, 3.05) is 19.5 Å². The Hall–Kier alpha value is -0.710. The van der Waals surface area contributed by atoms with Crippen LogP contribution in [0.4, 0.5) is 0 Å². The van der Waals surface area contributed by atoms with E-state index < -0.39 is 0 Å². The Kier molecular flexibility index (Phi) is 6.40. The highest BCUT2D eigenvalue weighted by atomic mass is 32.2. The summed E-state index contributed by atoms with van der Waals surface area (Å²) in [5, 5.41) is 8.73. The molecule has 3 nitrogen and oxygen atoms in total. The summed E-state index contributed by atoms with van der Waals surface area (Å²) in [6, 6.07) is 6.13. The number of benzene rings is 1. The van der Waals surface area contributed by atoms with Gasteiger partial charge >= 0.3 is 0 Å². The first-order chi connectivity index (χ1) is 8.19. The second-order valence-corrected chi connectivity index (χ2v) is 5.09. The van der Waals surface area contributed by atoms with Gasteiger partial charge in [-0.15, -0.1) is 0 Å². The van der Waals surface area contributed by atoms with Gasteiger partial charge in [0, 0.05) is 24.0 Å². The third kappa shape index (κ3) is 4.58. The summed E-state index contributed by atoms with van der Waals surface area (Å²) < 4.78 is 5.33. The van der Waals surface area contributed by atoms with E-state index in [0.29, 0.717) is 0 Å². The lowest BCUT2D eigenvalue weighted by atomic mass is 10.1. The molecule has 0 spiro atoms. The maximum absolute atomic E-state index is 8.73. The molecule has 1 atom stereocenters. The average molecular weight is 255 g/mol. The van der Waals surface area contributed by atoms with E-state index in [9.17, 15) is 0 Å². The molecular formula is C13H21NO2S. The molecule has 0 amide bonds. The van der Waals surface area contributed by atoms with Crippen molar-refractivity contribution in [3.8, 4) is 5.75 Å². The minimum atomic E-state index is 0.0436. The second kappa shape index (κ2) is 7.58. The van der Waals surface area contributed by atoms with E-state index in [-0.39, 0.29) is 12.6 Å². The topological polar surface area (TPSA) is 55.5 Å². The van der Waals surface area contributed by atoms with E-state index in [0.717, 1.165) is 29.2 Å². The predicted octanol–water partition coefficient (Wildman–Crippen LogP) is 2.33. The molecule has 1 unspecified atom stereocenters. The lowest BCUT2D eigenvalue weighted by molar-refractivity contribution is 0.296. The van der Waals surface area contributed by atoms with Crippen LogP contribution in [-0.2, 0) is 5.75 Å². The van der Waals surface area contributed by atoms with Crippen LogP contribution >= 0.6 is 11.8 Å². The predicted molar refractivity (Wildman–Crippen MR) is 73.5 cm³/mol. The quantitative estimate of drug-likeness (QED) is 0.734. The maximum Gasteiger partial charge on any atom is 0.122 e. The molecule has 1 aromatic rings. The summed E-state index contributed by atoms with van der Waals surface area (Å²) in [5.74, 6) is 2.76. The number of ether oxygens (including phenoxy) is 1. The van der Waals surface area contributed by atoms with Gasteiger partial charge < -0.3 is 15.6 Å². The smallest absolute Gasteiger partial charge is 0.122 e. The number of thioether (sulfide) groups is 1. The fourth-order valence-corrected chi connectivity index (χ4v) is 2.47. The Balaban J connectivity index is 2.69.